The van der Waals surface area contributed by atoms with Gasteiger partial charge in [0.1, 0.15) is 0 Å². The molecule has 2 N–H and O–H groups in total. The summed E-state index contributed by atoms with van der Waals surface area (Å²) in [4.78, 5) is 11.9. The number of halogens is 1. The lowest BCUT2D eigenvalue weighted by Gasteiger charge is -2.23. The van der Waals surface area contributed by atoms with Crippen LogP contribution in [0.1, 0.15) is 37.7 Å². The van der Waals surface area contributed by atoms with Crippen molar-refractivity contribution in [3.05, 3.63) is 28.2 Å². The fraction of sp³-hybridized carbons (Fsp3) is 0.533. The van der Waals surface area contributed by atoms with E-state index in [4.69, 9.17) is 0 Å². The SMILES string of the molecule is Cc1ccc(Br)cc1NCC(=O)NC1CCCCC1. The van der Waals surface area contributed by atoms with Gasteiger partial charge in [0.15, 0.2) is 0 Å². The number of anilines is 1. The lowest BCUT2D eigenvalue weighted by atomic mass is 9.95. The second-order valence-corrected chi connectivity index (χ2v) is 6.13. The summed E-state index contributed by atoms with van der Waals surface area (Å²) in [6, 6.07) is 6.42. The Balaban J connectivity index is 1.81. The van der Waals surface area contributed by atoms with Crippen molar-refractivity contribution in [1.82, 2.24) is 5.32 Å². The molecule has 0 heterocycles. The quantitative estimate of drug-likeness (QED) is 0.888. The van der Waals surface area contributed by atoms with Crippen molar-refractivity contribution in [3.8, 4) is 0 Å². The Kier molecular flexibility index (Phi) is 5.25. The summed E-state index contributed by atoms with van der Waals surface area (Å²) in [6.45, 7) is 2.38. The van der Waals surface area contributed by atoms with E-state index in [0.717, 1.165) is 28.6 Å². The van der Waals surface area contributed by atoms with Crippen molar-refractivity contribution < 1.29 is 4.79 Å². The smallest absolute Gasteiger partial charge is 0.239 e. The third kappa shape index (κ3) is 4.53. The van der Waals surface area contributed by atoms with E-state index in [1.165, 1.54) is 19.3 Å². The standard InChI is InChI=1S/C15H21BrN2O/c1-11-7-8-12(16)9-14(11)17-10-15(19)18-13-5-3-2-4-6-13/h7-9,13,17H,2-6,10H2,1H3,(H,18,19). The molecule has 1 aromatic carbocycles. The summed E-state index contributed by atoms with van der Waals surface area (Å²) in [5.74, 6) is 0.0891. The average molecular weight is 325 g/mol. The fourth-order valence-electron chi connectivity index (χ4n) is 2.49. The molecule has 0 radical (unpaired) electrons. The van der Waals surface area contributed by atoms with E-state index in [-0.39, 0.29) is 5.91 Å². The molecule has 0 bridgehead atoms. The van der Waals surface area contributed by atoms with Crippen LogP contribution in [0.15, 0.2) is 22.7 Å². The Bertz CT molecular complexity index is 442. The first-order chi connectivity index (χ1) is 9.15. The minimum atomic E-state index is 0.0891. The Morgan fingerprint density at radius 2 is 2.05 bits per heavy atom. The van der Waals surface area contributed by atoms with Crippen LogP contribution in [0.4, 0.5) is 5.69 Å². The number of amides is 1. The van der Waals surface area contributed by atoms with Crippen LogP contribution in [0.3, 0.4) is 0 Å². The summed E-state index contributed by atoms with van der Waals surface area (Å²) in [6.07, 6.45) is 6.04. The van der Waals surface area contributed by atoms with Crippen molar-refractivity contribution >= 4 is 27.5 Å². The van der Waals surface area contributed by atoms with Crippen molar-refractivity contribution in [2.45, 2.75) is 45.1 Å². The van der Waals surface area contributed by atoms with Gasteiger partial charge >= 0.3 is 0 Å². The molecule has 0 unspecified atom stereocenters. The predicted octanol–water partition coefficient (Wildman–Crippen LogP) is 3.62. The monoisotopic (exact) mass is 324 g/mol. The molecular weight excluding hydrogens is 304 g/mol. The molecule has 4 heteroatoms. The lowest BCUT2D eigenvalue weighted by Crippen LogP contribution is -2.39. The van der Waals surface area contributed by atoms with Crippen LogP contribution in [0.5, 0.6) is 0 Å². The normalized spacial score (nSPS) is 16.1. The largest absolute Gasteiger partial charge is 0.376 e. The first-order valence-corrected chi connectivity index (χ1v) is 7.74. The average Bonchev–Trinajstić information content (AvgIpc) is 2.41. The molecule has 0 atom stereocenters. The maximum Gasteiger partial charge on any atom is 0.239 e. The zero-order valence-corrected chi connectivity index (χ0v) is 12.9. The number of benzene rings is 1. The molecule has 1 amide bonds. The number of rotatable bonds is 4. The number of carbonyl (C=O) groups is 1. The molecule has 1 aliphatic rings. The molecule has 1 fully saturated rings. The van der Waals surface area contributed by atoms with Gasteiger partial charge in [0.2, 0.25) is 5.91 Å². The summed E-state index contributed by atoms with van der Waals surface area (Å²) < 4.78 is 1.02. The molecule has 0 aliphatic heterocycles. The van der Waals surface area contributed by atoms with E-state index >= 15 is 0 Å². The zero-order valence-electron chi connectivity index (χ0n) is 11.3. The molecule has 1 aliphatic carbocycles. The van der Waals surface area contributed by atoms with Crippen molar-refractivity contribution in [2.24, 2.45) is 0 Å². The summed E-state index contributed by atoms with van der Waals surface area (Å²) in [5, 5.41) is 6.31. The van der Waals surface area contributed by atoms with Crippen molar-refractivity contribution in [1.29, 1.82) is 0 Å². The minimum Gasteiger partial charge on any atom is -0.376 e. The summed E-state index contributed by atoms with van der Waals surface area (Å²) >= 11 is 3.44. The van der Waals surface area contributed by atoms with Gasteiger partial charge in [-0.25, -0.2) is 0 Å². The van der Waals surface area contributed by atoms with Gasteiger partial charge in [-0.05, 0) is 37.5 Å². The van der Waals surface area contributed by atoms with E-state index < -0.39 is 0 Å². The van der Waals surface area contributed by atoms with E-state index in [0.29, 0.717) is 12.6 Å². The molecular formula is C15H21BrN2O. The molecule has 104 valence electrons. The van der Waals surface area contributed by atoms with E-state index in [1.807, 2.05) is 25.1 Å². The maximum atomic E-state index is 11.9. The second kappa shape index (κ2) is 6.94. The van der Waals surface area contributed by atoms with Crippen LogP contribution < -0.4 is 10.6 Å². The summed E-state index contributed by atoms with van der Waals surface area (Å²) in [7, 11) is 0. The Labute approximate surface area is 123 Å². The number of nitrogens with one attached hydrogen (secondary N) is 2. The predicted molar refractivity (Wildman–Crippen MR) is 82.4 cm³/mol. The number of hydrogen-bond donors (Lipinski definition) is 2. The van der Waals surface area contributed by atoms with Gasteiger partial charge in [0.25, 0.3) is 0 Å². The lowest BCUT2D eigenvalue weighted by molar-refractivity contribution is -0.120. The molecule has 1 saturated carbocycles. The van der Waals surface area contributed by atoms with Gasteiger partial charge in [0, 0.05) is 16.2 Å². The van der Waals surface area contributed by atoms with E-state index in [9.17, 15) is 4.79 Å². The Morgan fingerprint density at radius 3 is 2.79 bits per heavy atom. The Morgan fingerprint density at radius 1 is 1.32 bits per heavy atom. The highest BCUT2D eigenvalue weighted by Gasteiger charge is 2.15. The van der Waals surface area contributed by atoms with Gasteiger partial charge in [-0.15, -0.1) is 0 Å². The second-order valence-electron chi connectivity index (χ2n) is 5.22. The van der Waals surface area contributed by atoms with Crippen LogP contribution >= 0.6 is 15.9 Å². The third-order valence-corrected chi connectivity index (χ3v) is 4.10. The van der Waals surface area contributed by atoms with Gasteiger partial charge in [-0.1, -0.05) is 41.3 Å². The molecule has 2 rings (SSSR count). The topological polar surface area (TPSA) is 41.1 Å². The zero-order chi connectivity index (χ0) is 13.7. The molecule has 0 aromatic heterocycles. The number of aryl methyl sites for hydroxylation is 1. The summed E-state index contributed by atoms with van der Waals surface area (Å²) in [5.41, 5.74) is 2.15. The van der Waals surface area contributed by atoms with Crippen LogP contribution in [0.25, 0.3) is 0 Å². The van der Waals surface area contributed by atoms with Gasteiger partial charge in [-0.2, -0.15) is 0 Å². The van der Waals surface area contributed by atoms with Crippen LogP contribution in [0, 0.1) is 6.92 Å². The van der Waals surface area contributed by atoms with E-state index in [1.54, 1.807) is 0 Å². The molecule has 1 aromatic rings. The van der Waals surface area contributed by atoms with Gasteiger partial charge < -0.3 is 10.6 Å². The molecule has 3 nitrogen and oxygen atoms in total. The molecule has 0 saturated heterocycles. The van der Waals surface area contributed by atoms with Crippen LogP contribution in [0.2, 0.25) is 0 Å². The van der Waals surface area contributed by atoms with Crippen LogP contribution in [-0.2, 0) is 4.79 Å². The minimum absolute atomic E-state index is 0.0891. The van der Waals surface area contributed by atoms with E-state index in [2.05, 4.69) is 26.6 Å². The molecule has 19 heavy (non-hydrogen) atoms. The van der Waals surface area contributed by atoms with Crippen LogP contribution in [-0.4, -0.2) is 18.5 Å². The van der Waals surface area contributed by atoms with Crippen molar-refractivity contribution in [3.63, 3.8) is 0 Å². The third-order valence-electron chi connectivity index (χ3n) is 3.61. The first kappa shape index (κ1) is 14.4. The number of carbonyl (C=O) groups excluding carboxylic acids is 1. The maximum absolute atomic E-state index is 11.9. The fourth-order valence-corrected chi connectivity index (χ4v) is 2.85. The van der Waals surface area contributed by atoms with Crippen molar-refractivity contribution in [2.75, 3.05) is 11.9 Å². The molecule has 0 spiro atoms. The number of hydrogen-bond acceptors (Lipinski definition) is 2. The van der Waals surface area contributed by atoms with Gasteiger partial charge in [-0.3, -0.25) is 4.79 Å². The van der Waals surface area contributed by atoms with Gasteiger partial charge in [0.05, 0.1) is 6.54 Å². The highest BCUT2D eigenvalue weighted by molar-refractivity contribution is 9.10. The first-order valence-electron chi connectivity index (χ1n) is 6.94. The Hall–Kier alpha value is -1.03. The highest BCUT2D eigenvalue weighted by atomic mass is 79.9. The highest BCUT2D eigenvalue weighted by Crippen LogP contribution is 2.20.